The number of aromatic carboxylic acids is 1. The molecule has 2 aliphatic rings. The molecule has 0 aromatic heterocycles. The number of carbonyl (C=O) groups is 3. The van der Waals surface area contributed by atoms with Crippen molar-refractivity contribution in [3.8, 4) is 0 Å². The number of carboxylic acids is 1. The molecule has 0 bridgehead atoms. The van der Waals surface area contributed by atoms with Crippen LogP contribution in [-0.4, -0.2) is 74.2 Å². The predicted octanol–water partition coefficient (Wildman–Crippen LogP) is 2.67. The lowest BCUT2D eigenvalue weighted by atomic mass is 9.90. The van der Waals surface area contributed by atoms with Crippen molar-refractivity contribution in [1.29, 1.82) is 0 Å². The van der Waals surface area contributed by atoms with E-state index >= 15 is 0 Å². The Morgan fingerprint density at radius 3 is 2.47 bits per heavy atom. The molecule has 0 unspecified atom stereocenters. The Morgan fingerprint density at radius 1 is 1.06 bits per heavy atom. The lowest BCUT2D eigenvalue weighted by molar-refractivity contribution is -0.123. The van der Waals surface area contributed by atoms with Crippen molar-refractivity contribution < 1.29 is 24.2 Å². The highest BCUT2D eigenvalue weighted by Gasteiger charge is 2.34. The summed E-state index contributed by atoms with van der Waals surface area (Å²) in [6.07, 6.45) is 3.09. The molecule has 1 N–H and O–H groups in total. The highest BCUT2D eigenvalue weighted by atomic mass is 16.5. The van der Waals surface area contributed by atoms with E-state index in [2.05, 4.69) is 29.2 Å². The number of benzene rings is 2. The first kappa shape index (κ1) is 23.9. The molecule has 2 amide bonds. The summed E-state index contributed by atoms with van der Waals surface area (Å²) in [6.45, 7) is 2.44. The number of carboxylic acid groups (broad SMARTS) is 1. The second kappa shape index (κ2) is 10.8. The first-order valence-corrected chi connectivity index (χ1v) is 11.7. The first-order chi connectivity index (χ1) is 16.5. The summed E-state index contributed by atoms with van der Waals surface area (Å²) in [6, 6.07) is 15.0. The molecule has 2 aliphatic heterocycles. The van der Waals surface area contributed by atoms with E-state index in [1.54, 1.807) is 18.1 Å². The van der Waals surface area contributed by atoms with Crippen LogP contribution < -0.4 is 9.80 Å². The van der Waals surface area contributed by atoms with Gasteiger partial charge in [-0.2, -0.15) is 0 Å². The number of carbonyl (C=O) groups excluding carboxylic acids is 2. The van der Waals surface area contributed by atoms with Gasteiger partial charge >= 0.3 is 5.97 Å². The fourth-order valence-electron chi connectivity index (χ4n) is 4.76. The number of methoxy groups -OCH3 is 1. The zero-order valence-corrected chi connectivity index (χ0v) is 19.5. The maximum Gasteiger partial charge on any atom is 0.335 e. The highest BCUT2D eigenvalue weighted by molar-refractivity contribution is 6.12. The number of hydrogen-bond donors (Lipinski definition) is 1. The Bertz CT molecular complexity index is 1030. The van der Waals surface area contributed by atoms with E-state index in [9.17, 15) is 19.5 Å². The van der Waals surface area contributed by atoms with Crippen molar-refractivity contribution in [3.63, 3.8) is 0 Å². The molecule has 1 fully saturated rings. The van der Waals surface area contributed by atoms with Gasteiger partial charge in [-0.05, 0) is 62.0 Å². The van der Waals surface area contributed by atoms with Crippen molar-refractivity contribution in [2.75, 3.05) is 56.2 Å². The number of ether oxygens (including phenoxy) is 1. The van der Waals surface area contributed by atoms with E-state index in [0.29, 0.717) is 30.4 Å². The zero-order valence-electron chi connectivity index (χ0n) is 19.5. The Hall–Kier alpha value is -3.23. The van der Waals surface area contributed by atoms with Crippen LogP contribution in [0.5, 0.6) is 0 Å². The fourth-order valence-corrected chi connectivity index (χ4v) is 4.76. The monoisotopic (exact) mass is 465 g/mol. The molecular formula is C26H31N3O5. The second-order valence-corrected chi connectivity index (χ2v) is 8.94. The van der Waals surface area contributed by atoms with Crippen LogP contribution in [0.3, 0.4) is 0 Å². The van der Waals surface area contributed by atoms with Gasteiger partial charge in [-0.3, -0.25) is 19.4 Å². The van der Waals surface area contributed by atoms with Gasteiger partial charge in [-0.25, -0.2) is 4.79 Å². The van der Waals surface area contributed by atoms with Gasteiger partial charge in [-0.15, -0.1) is 0 Å². The number of amides is 2. The van der Waals surface area contributed by atoms with Crippen LogP contribution in [0.1, 0.15) is 28.8 Å². The van der Waals surface area contributed by atoms with E-state index < -0.39 is 5.97 Å². The van der Waals surface area contributed by atoms with Crippen LogP contribution in [0.2, 0.25) is 0 Å². The lowest BCUT2D eigenvalue weighted by Gasteiger charge is -2.38. The van der Waals surface area contributed by atoms with Gasteiger partial charge in [0.15, 0.2) is 0 Å². The highest BCUT2D eigenvalue weighted by Crippen LogP contribution is 2.35. The topological polar surface area (TPSA) is 90.4 Å². The molecule has 2 heterocycles. The van der Waals surface area contributed by atoms with Gasteiger partial charge in [0.1, 0.15) is 6.54 Å². The average Bonchev–Trinajstić information content (AvgIpc) is 2.84. The summed E-state index contributed by atoms with van der Waals surface area (Å²) >= 11 is 0. The van der Waals surface area contributed by atoms with Gasteiger partial charge in [0.05, 0.1) is 30.1 Å². The number of rotatable bonds is 8. The molecule has 2 aromatic rings. The number of hydrogen-bond acceptors (Lipinski definition) is 5. The maximum atomic E-state index is 13.3. The van der Waals surface area contributed by atoms with Crippen molar-refractivity contribution in [2.24, 2.45) is 5.92 Å². The quantitative estimate of drug-likeness (QED) is 0.645. The van der Waals surface area contributed by atoms with E-state index in [-0.39, 0.29) is 30.5 Å². The Morgan fingerprint density at radius 2 is 1.79 bits per heavy atom. The van der Waals surface area contributed by atoms with Crippen LogP contribution in [-0.2, 0) is 20.7 Å². The number of piperidine rings is 1. The number of likely N-dealkylation sites (tertiary alicyclic amines) is 1. The fraction of sp³-hybridized carbons (Fsp3) is 0.423. The third-order valence-corrected chi connectivity index (χ3v) is 6.65. The first-order valence-electron chi connectivity index (χ1n) is 11.7. The van der Waals surface area contributed by atoms with Gasteiger partial charge in [0, 0.05) is 13.7 Å². The summed E-state index contributed by atoms with van der Waals surface area (Å²) < 4.78 is 5.12. The second-order valence-electron chi connectivity index (χ2n) is 8.94. The summed E-state index contributed by atoms with van der Waals surface area (Å²) in [7, 11) is 1.56. The molecule has 0 atom stereocenters. The summed E-state index contributed by atoms with van der Waals surface area (Å²) in [5.41, 5.74) is 2.42. The number of anilines is 2. The largest absolute Gasteiger partial charge is 0.478 e. The van der Waals surface area contributed by atoms with Gasteiger partial charge < -0.3 is 14.7 Å². The van der Waals surface area contributed by atoms with Crippen molar-refractivity contribution in [1.82, 2.24) is 4.90 Å². The molecule has 0 saturated carbocycles. The molecule has 8 heteroatoms. The smallest absolute Gasteiger partial charge is 0.335 e. The Kier molecular flexibility index (Phi) is 7.59. The van der Waals surface area contributed by atoms with Crippen LogP contribution >= 0.6 is 0 Å². The van der Waals surface area contributed by atoms with E-state index in [4.69, 9.17) is 4.74 Å². The molecule has 180 valence electrons. The molecule has 0 aliphatic carbocycles. The lowest BCUT2D eigenvalue weighted by Crippen LogP contribution is -2.52. The van der Waals surface area contributed by atoms with E-state index in [0.717, 1.165) is 32.4 Å². The average molecular weight is 466 g/mol. The van der Waals surface area contributed by atoms with Gasteiger partial charge in [-0.1, -0.05) is 30.3 Å². The predicted molar refractivity (Wildman–Crippen MR) is 129 cm³/mol. The molecule has 4 rings (SSSR count). The molecule has 0 radical (unpaired) electrons. The number of nitrogens with zero attached hydrogens (tertiary/aromatic N) is 3. The summed E-state index contributed by atoms with van der Waals surface area (Å²) in [5.74, 6) is -0.873. The molecule has 34 heavy (non-hydrogen) atoms. The molecule has 2 aromatic carbocycles. The minimum Gasteiger partial charge on any atom is -0.478 e. The van der Waals surface area contributed by atoms with Crippen molar-refractivity contribution in [3.05, 3.63) is 59.7 Å². The molecule has 0 spiro atoms. The van der Waals surface area contributed by atoms with Crippen LogP contribution in [0, 0.1) is 5.92 Å². The van der Waals surface area contributed by atoms with Gasteiger partial charge in [0.25, 0.3) is 0 Å². The summed E-state index contributed by atoms with van der Waals surface area (Å²) in [4.78, 5) is 42.8. The Balaban J connectivity index is 1.44. The van der Waals surface area contributed by atoms with Crippen LogP contribution in [0.4, 0.5) is 11.4 Å². The minimum absolute atomic E-state index is 0.0827. The van der Waals surface area contributed by atoms with Gasteiger partial charge in [0.2, 0.25) is 11.8 Å². The number of fused-ring (bicyclic) bond motifs is 1. The third kappa shape index (κ3) is 5.46. The standard InChI is InChI=1S/C26H31N3O5/c1-34-14-13-28-22-8-7-21(26(32)33)16-23(22)29(18-25(28)31)24(30)17-27-11-9-20(10-12-27)15-19-5-3-2-4-6-19/h2-8,16,20H,9-15,17-18H2,1H3,(H,32,33). The normalized spacial score (nSPS) is 17.0. The zero-order chi connectivity index (χ0) is 24.1. The minimum atomic E-state index is -1.07. The Labute approximate surface area is 199 Å². The molecular weight excluding hydrogens is 434 g/mol. The van der Waals surface area contributed by atoms with E-state index in [1.165, 1.54) is 22.6 Å². The van der Waals surface area contributed by atoms with Crippen molar-refractivity contribution in [2.45, 2.75) is 19.3 Å². The third-order valence-electron chi connectivity index (χ3n) is 6.65. The molecule has 1 saturated heterocycles. The van der Waals surface area contributed by atoms with Crippen molar-refractivity contribution >= 4 is 29.2 Å². The van der Waals surface area contributed by atoms with E-state index in [1.807, 2.05) is 6.07 Å². The maximum absolute atomic E-state index is 13.3. The molecule has 8 nitrogen and oxygen atoms in total. The summed E-state index contributed by atoms with van der Waals surface area (Å²) in [5, 5.41) is 9.45. The van der Waals surface area contributed by atoms with Crippen LogP contribution in [0.15, 0.2) is 48.5 Å². The SMILES string of the molecule is COCCN1C(=O)CN(C(=O)CN2CCC(Cc3ccccc3)CC2)c2cc(C(=O)O)ccc21. The van der Waals surface area contributed by atoms with Crippen LogP contribution in [0.25, 0.3) is 0 Å².